The van der Waals surface area contributed by atoms with Crippen molar-refractivity contribution in [3.8, 4) is 0 Å². The van der Waals surface area contributed by atoms with Crippen LogP contribution in [-0.4, -0.2) is 47.6 Å². The number of allylic oxidation sites excluding steroid dienone is 1. The normalized spacial score (nSPS) is 17.2. The van der Waals surface area contributed by atoms with Crippen molar-refractivity contribution in [2.75, 3.05) is 0 Å². The van der Waals surface area contributed by atoms with Crippen LogP contribution >= 0.6 is 0 Å². The van der Waals surface area contributed by atoms with Crippen LogP contribution in [0.2, 0.25) is 0 Å². The molecule has 1 atom stereocenters. The van der Waals surface area contributed by atoms with E-state index in [2.05, 4.69) is 37.3 Å². The van der Waals surface area contributed by atoms with Gasteiger partial charge in [-0.05, 0) is 95.1 Å². The summed E-state index contributed by atoms with van der Waals surface area (Å²) in [7, 11) is 3.54. The van der Waals surface area contributed by atoms with Gasteiger partial charge in [0.2, 0.25) is 0 Å². The molecule has 0 amide bonds. The van der Waals surface area contributed by atoms with E-state index < -0.39 is 22.4 Å². The first kappa shape index (κ1) is 26.0. The lowest BCUT2D eigenvalue weighted by Gasteiger charge is -2.39. The number of benzene rings is 2. The van der Waals surface area contributed by atoms with Crippen molar-refractivity contribution >= 4 is 42.7 Å². The predicted octanol–water partition coefficient (Wildman–Crippen LogP) is 3.98. The minimum atomic E-state index is -1.03. The molecule has 0 saturated carbocycles. The molecule has 4 nitrogen and oxygen atoms in total. The summed E-state index contributed by atoms with van der Waals surface area (Å²) in [6, 6.07) is 8.31. The Morgan fingerprint density at radius 2 is 1.27 bits per heavy atom. The number of hydrogen-bond acceptors (Lipinski definition) is 4. The van der Waals surface area contributed by atoms with E-state index >= 15 is 0 Å². The average molecular weight is 448 g/mol. The quantitative estimate of drug-likeness (QED) is 0.600. The zero-order valence-electron chi connectivity index (χ0n) is 21.6. The fourth-order valence-corrected chi connectivity index (χ4v) is 3.71. The summed E-state index contributed by atoms with van der Waals surface area (Å²) in [4.78, 5) is 0. The third-order valence-corrected chi connectivity index (χ3v) is 7.53. The first-order chi connectivity index (χ1) is 15.1. The maximum atomic E-state index is 10.6. The summed E-state index contributed by atoms with van der Waals surface area (Å²) in [6.07, 6.45) is 5.36. The summed E-state index contributed by atoms with van der Waals surface area (Å²) in [5.41, 5.74) is 0.587. The SMILES string of the molecule is CC1CC=Cc2c1c([B]OC(C)(C)C(C)(C)O)c([B]OC(C)(C)C(C)(C)O)c1ccccc21. The van der Waals surface area contributed by atoms with Crippen LogP contribution in [0.5, 0.6) is 0 Å². The van der Waals surface area contributed by atoms with Gasteiger partial charge in [0.15, 0.2) is 0 Å². The molecule has 2 N–H and O–H groups in total. The second kappa shape index (κ2) is 8.88. The second-order valence-electron chi connectivity index (χ2n) is 11.3. The molecule has 1 unspecified atom stereocenters. The van der Waals surface area contributed by atoms with E-state index in [1.54, 1.807) is 42.7 Å². The average Bonchev–Trinajstić information content (AvgIpc) is 2.69. The van der Waals surface area contributed by atoms with E-state index in [0.29, 0.717) is 5.92 Å². The highest BCUT2D eigenvalue weighted by atomic mass is 16.5. The molecule has 2 aromatic carbocycles. The van der Waals surface area contributed by atoms with Gasteiger partial charge in [0, 0.05) is 0 Å². The molecule has 2 aromatic rings. The number of rotatable bonds is 8. The smallest absolute Gasteiger partial charge is 0.331 e. The topological polar surface area (TPSA) is 58.9 Å². The fourth-order valence-electron chi connectivity index (χ4n) is 3.71. The Balaban J connectivity index is 2.18. The van der Waals surface area contributed by atoms with Crippen LogP contribution in [0, 0.1) is 0 Å². The van der Waals surface area contributed by atoms with Gasteiger partial charge in [-0.2, -0.15) is 0 Å². The monoisotopic (exact) mass is 448 g/mol. The Morgan fingerprint density at radius 1 is 0.788 bits per heavy atom. The Hall–Kier alpha value is -1.59. The third-order valence-electron chi connectivity index (χ3n) is 7.53. The molecule has 1 aliphatic rings. The third kappa shape index (κ3) is 5.09. The summed E-state index contributed by atoms with van der Waals surface area (Å²) in [5, 5.41) is 23.5. The van der Waals surface area contributed by atoms with Crippen LogP contribution in [0.1, 0.15) is 85.8 Å². The van der Waals surface area contributed by atoms with Crippen molar-refractivity contribution in [2.45, 2.75) is 97.1 Å². The van der Waals surface area contributed by atoms with Gasteiger partial charge in [-0.25, -0.2) is 0 Å². The number of hydrogen-bond donors (Lipinski definition) is 2. The molecular formula is C27H38B2O4. The maximum absolute atomic E-state index is 10.6. The lowest BCUT2D eigenvalue weighted by Crippen LogP contribution is -2.54. The van der Waals surface area contributed by atoms with E-state index in [1.165, 1.54) is 11.1 Å². The van der Waals surface area contributed by atoms with Crippen LogP contribution in [-0.2, 0) is 9.31 Å². The molecule has 0 heterocycles. The molecule has 176 valence electrons. The highest BCUT2D eigenvalue weighted by Crippen LogP contribution is 2.33. The van der Waals surface area contributed by atoms with E-state index in [4.69, 9.17) is 9.31 Å². The van der Waals surface area contributed by atoms with Crippen molar-refractivity contribution in [1.82, 2.24) is 0 Å². The van der Waals surface area contributed by atoms with E-state index in [0.717, 1.165) is 28.1 Å². The highest BCUT2D eigenvalue weighted by molar-refractivity contribution is 6.65. The van der Waals surface area contributed by atoms with Gasteiger partial charge in [-0.15, -0.1) is 0 Å². The van der Waals surface area contributed by atoms with E-state index in [-0.39, 0.29) is 0 Å². The molecule has 0 fully saturated rings. The first-order valence-corrected chi connectivity index (χ1v) is 11.8. The molecule has 0 aromatic heterocycles. The van der Waals surface area contributed by atoms with Crippen LogP contribution in [0.15, 0.2) is 30.3 Å². The van der Waals surface area contributed by atoms with Gasteiger partial charge in [-0.1, -0.05) is 48.8 Å². The van der Waals surface area contributed by atoms with Crippen molar-refractivity contribution in [1.29, 1.82) is 0 Å². The molecule has 0 spiro atoms. The summed E-state index contributed by atoms with van der Waals surface area (Å²) < 4.78 is 12.5. The summed E-state index contributed by atoms with van der Waals surface area (Å²) in [6.45, 7) is 16.8. The van der Waals surface area contributed by atoms with E-state index in [1.807, 2.05) is 33.8 Å². The van der Waals surface area contributed by atoms with Crippen LogP contribution in [0.4, 0.5) is 0 Å². The standard InChI is InChI=1S/C27H38B2O4/c1-17-13-12-16-19-18-14-10-11-15-20(18)22(28-32-26(6,7)24(2,3)30)23(21(17)19)29-33-27(8,9)25(4,5)31/h10-12,14-17,30-31H,13H2,1-9H3. The zero-order valence-corrected chi connectivity index (χ0v) is 21.6. The molecule has 0 aliphatic heterocycles. The highest BCUT2D eigenvalue weighted by Gasteiger charge is 2.38. The van der Waals surface area contributed by atoms with Gasteiger partial charge in [-0.3, -0.25) is 0 Å². The second-order valence-corrected chi connectivity index (χ2v) is 11.3. The number of aliphatic hydroxyl groups is 2. The van der Waals surface area contributed by atoms with Crippen LogP contribution in [0.25, 0.3) is 16.8 Å². The van der Waals surface area contributed by atoms with Crippen molar-refractivity contribution in [3.63, 3.8) is 0 Å². The molecule has 0 saturated heterocycles. The number of fused-ring (bicyclic) bond motifs is 3. The lowest BCUT2D eigenvalue weighted by atomic mass is 9.63. The lowest BCUT2D eigenvalue weighted by molar-refractivity contribution is -0.0896. The molecule has 33 heavy (non-hydrogen) atoms. The van der Waals surface area contributed by atoms with Gasteiger partial charge < -0.3 is 19.5 Å². The molecule has 3 rings (SSSR count). The molecule has 2 radical (unpaired) electrons. The first-order valence-electron chi connectivity index (χ1n) is 11.8. The van der Waals surface area contributed by atoms with E-state index in [9.17, 15) is 10.2 Å². The fraction of sp³-hybridized carbons (Fsp3) is 0.556. The minimum Gasteiger partial charge on any atom is -0.427 e. The molecule has 6 heteroatoms. The van der Waals surface area contributed by atoms with Gasteiger partial charge in [0.1, 0.15) is 0 Å². The minimum absolute atomic E-state index is 0.296. The Bertz CT molecular complexity index is 1040. The molecular weight excluding hydrogens is 410 g/mol. The van der Waals surface area contributed by atoms with Gasteiger partial charge in [0.05, 0.1) is 22.4 Å². The van der Waals surface area contributed by atoms with Crippen LogP contribution < -0.4 is 10.9 Å². The Morgan fingerprint density at radius 3 is 1.79 bits per heavy atom. The molecule has 1 aliphatic carbocycles. The van der Waals surface area contributed by atoms with Crippen molar-refractivity contribution in [2.24, 2.45) is 0 Å². The zero-order chi connectivity index (χ0) is 24.8. The Kier molecular flexibility index (Phi) is 7.01. The van der Waals surface area contributed by atoms with Crippen molar-refractivity contribution in [3.05, 3.63) is 41.5 Å². The Labute approximate surface area is 200 Å². The largest absolute Gasteiger partial charge is 0.427 e. The van der Waals surface area contributed by atoms with Gasteiger partial charge >= 0.3 is 15.0 Å². The van der Waals surface area contributed by atoms with Crippen LogP contribution in [0.3, 0.4) is 0 Å². The van der Waals surface area contributed by atoms with Crippen molar-refractivity contribution < 1.29 is 19.5 Å². The van der Waals surface area contributed by atoms with Gasteiger partial charge in [0.25, 0.3) is 0 Å². The summed E-state index contributed by atoms with van der Waals surface area (Å²) >= 11 is 0. The maximum Gasteiger partial charge on any atom is 0.331 e. The predicted molar refractivity (Wildman–Crippen MR) is 140 cm³/mol. The molecule has 0 bridgehead atoms. The summed E-state index contributed by atoms with van der Waals surface area (Å²) in [5.74, 6) is 0.296.